The van der Waals surface area contributed by atoms with Gasteiger partial charge in [0.25, 0.3) is 5.91 Å². The molecule has 0 aliphatic heterocycles. The summed E-state index contributed by atoms with van der Waals surface area (Å²) in [5, 5.41) is 3.16. The SMILES string of the molecule is CCCCc1ccc(NC(=O)COc2ccc3c(=O)c(Oc4ccccc4OCC)coc3c2)cc1. The third-order valence-electron chi connectivity index (χ3n) is 5.51. The summed E-state index contributed by atoms with van der Waals surface area (Å²) in [7, 11) is 0. The van der Waals surface area contributed by atoms with Crippen LogP contribution in [0.4, 0.5) is 5.69 Å². The second kappa shape index (κ2) is 11.9. The number of hydrogen-bond acceptors (Lipinski definition) is 6. The minimum Gasteiger partial charge on any atom is -0.490 e. The minimum absolute atomic E-state index is 0.0448. The smallest absolute Gasteiger partial charge is 0.262 e. The number of carbonyl (C=O) groups is 1. The lowest BCUT2D eigenvalue weighted by Crippen LogP contribution is -2.20. The van der Waals surface area contributed by atoms with Crippen molar-refractivity contribution in [2.24, 2.45) is 0 Å². The third-order valence-corrected chi connectivity index (χ3v) is 5.51. The van der Waals surface area contributed by atoms with Gasteiger partial charge in [0, 0.05) is 11.8 Å². The van der Waals surface area contributed by atoms with Gasteiger partial charge in [-0.25, -0.2) is 0 Å². The highest BCUT2D eigenvalue weighted by Gasteiger charge is 2.13. The Labute approximate surface area is 209 Å². The molecule has 4 rings (SSSR count). The summed E-state index contributed by atoms with van der Waals surface area (Å²) in [4.78, 5) is 25.3. The lowest BCUT2D eigenvalue weighted by Gasteiger charge is -2.11. The quantitative estimate of drug-likeness (QED) is 0.265. The van der Waals surface area contributed by atoms with Crippen molar-refractivity contribution in [1.82, 2.24) is 0 Å². The van der Waals surface area contributed by atoms with Gasteiger partial charge in [-0.05, 0) is 61.7 Å². The number of nitrogens with one attached hydrogen (secondary N) is 1. The Bertz CT molecular complexity index is 1380. The molecular weight excluding hydrogens is 458 g/mol. The van der Waals surface area contributed by atoms with Gasteiger partial charge in [-0.15, -0.1) is 0 Å². The molecule has 7 heteroatoms. The van der Waals surface area contributed by atoms with E-state index in [0.717, 1.165) is 19.3 Å². The molecule has 0 fully saturated rings. The van der Waals surface area contributed by atoms with Crippen LogP contribution in [0.5, 0.6) is 23.0 Å². The monoisotopic (exact) mass is 487 g/mol. The molecule has 0 saturated heterocycles. The fourth-order valence-electron chi connectivity index (χ4n) is 3.66. The first-order valence-corrected chi connectivity index (χ1v) is 12.0. The number of aryl methyl sites for hydroxylation is 1. The summed E-state index contributed by atoms with van der Waals surface area (Å²) in [5.41, 5.74) is 1.96. The van der Waals surface area contributed by atoms with Gasteiger partial charge in [-0.2, -0.15) is 0 Å². The topological polar surface area (TPSA) is 87.0 Å². The van der Waals surface area contributed by atoms with Crippen LogP contribution in [0.3, 0.4) is 0 Å². The molecule has 0 spiro atoms. The number of anilines is 1. The van der Waals surface area contributed by atoms with Crippen LogP contribution in [0.15, 0.2) is 82.2 Å². The third kappa shape index (κ3) is 6.24. The van der Waals surface area contributed by atoms with Gasteiger partial charge in [0.15, 0.2) is 18.1 Å². The Hall–Kier alpha value is -4.26. The molecule has 7 nitrogen and oxygen atoms in total. The predicted octanol–water partition coefficient (Wildman–Crippen LogP) is 6.34. The summed E-state index contributed by atoms with van der Waals surface area (Å²) < 4.78 is 22.6. The number of amides is 1. The van der Waals surface area contributed by atoms with E-state index in [1.807, 2.05) is 37.3 Å². The first kappa shape index (κ1) is 24.9. The maximum atomic E-state index is 12.9. The second-order valence-electron chi connectivity index (χ2n) is 8.21. The number of carbonyl (C=O) groups excluding carboxylic acids is 1. The van der Waals surface area contributed by atoms with E-state index in [4.69, 9.17) is 18.6 Å². The summed E-state index contributed by atoms with van der Waals surface area (Å²) >= 11 is 0. The van der Waals surface area contributed by atoms with Gasteiger partial charge in [-0.1, -0.05) is 37.6 Å². The zero-order valence-corrected chi connectivity index (χ0v) is 20.4. The lowest BCUT2D eigenvalue weighted by molar-refractivity contribution is -0.118. The van der Waals surface area contributed by atoms with Gasteiger partial charge < -0.3 is 23.9 Å². The van der Waals surface area contributed by atoms with E-state index in [1.165, 1.54) is 11.8 Å². The number of fused-ring (bicyclic) bond motifs is 1. The van der Waals surface area contributed by atoms with E-state index in [0.29, 0.717) is 40.5 Å². The zero-order valence-electron chi connectivity index (χ0n) is 20.4. The van der Waals surface area contributed by atoms with Gasteiger partial charge >= 0.3 is 0 Å². The van der Waals surface area contributed by atoms with Crippen molar-refractivity contribution >= 4 is 22.6 Å². The largest absolute Gasteiger partial charge is 0.490 e. The highest BCUT2D eigenvalue weighted by molar-refractivity contribution is 5.92. The van der Waals surface area contributed by atoms with Crippen molar-refractivity contribution < 1.29 is 23.4 Å². The normalized spacial score (nSPS) is 10.7. The molecule has 1 heterocycles. The molecule has 0 saturated carbocycles. The van der Waals surface area contributed by atoms with Crippen molar-refractivity contribution in [2.75, 3.05) is 18.5 Å². The van der Waals surface area contributed by atoms with Crippen molar-refractivity contribution in [3.63, 3.8) is 0 Å². The molecule has 0 bridgehead atoms. The molecule has 0 radical (unpaired) electrons. The Balaban J connectivity index is 1.39. The lowest BCUT2D eigenvalue weighted by atomic mass is 10.1. The fourth-order valence-corrected chi connectivity index (χ4v) is 3.66. The van der Waals surface area contributed by atoms with Gasteiger partial charge in [0.2, 0.25) is 11.2 Å². The zero-order chi connectivity index (χ0) is 25.3. The first-order valence-electron chi connectivity index (χ1n) is 12.0. The molecule has 0 aliphatic rings. The Morgan fingerprint density at radius 2 is 1.69 bits per heavy atom. The average Bonchev–Trinajstić information content (AvgIpc) is 2.90. The average molecular weight is 488 g/mol. The highest BCUT2D eigenvalue weighted by Crippen LogP contribution is 2.31. The Kier molecular flexibility index (Phi) is 8.24. The van der Waals surface area contributed by atoms with Crippen LogP contribution in [-0.4, -0.2) is 19.1 Å². The van der Waals surface area contributed by atoms with Crippen LogP contribution in [0.2, 0.25) is 0 Å². The van der Waals surface area contributed by atoms with E-state index in [1.54, 1.807) is 36.4 Å². The molecule has 4 aromatic rings. The number of benzene rings is 3. The standard InChI is InChI=1S/C29H29NO6/c1-3-5-8-20-11-13-21(14-12-20)30-28(31)19-34-22-15-16-23-26(17-22)35-18-27(29(23)32)36-25-10-7-6-9-24(25)33-4-2/h6-7,9-18H,3-5,8,19H2,1-2H3,(H,30,31). The van der Waals surface area contributed by atoms with Crippen molar-refractivity contribution in [3.8, 4) is 23.0 Å². The van der Waals surface area contributed by atoms with E-state index < -0.39 is 0 Å². The molecule has 1 N–H and O–H groups in total. The molecule has 186 valence electrons. The highest BCUT2D eigenvalue weighted by atomic mass is 16.5. The van der Waals surface area contributed by atoms with E-state index >= 15 is 0 Å². The maximum absolute atomic E-state index is 12.9. The summed E-state index contributed by atoms with van der Waals surface area (Å²) in [6.45, 7) is 4.33. The van der Waals surface area contributed by atoms with Crippen molar-refractivity contribution in [3.05, 3.63) is 88.8 Å². The molecule has 1 amide bonds. The van der Waals surface area contributed by atoms with Crippen molar-refractivity contribution in [1.29, 1.82) is 0 Å². The molecule has 1 aromatic heterocycles. The molecule has 3 aromatic carbocycles. The number of hydrogen-bond donors (Lipinski definition) is 1. The number of ether oxygens (including phenoxy) is 3. The molecular formula is C29H29NO6. The number of unbranched alkanes of at least 4 members (excludes halogenated alkanes) is 1. The van der Waals surface area contributed by atoms with Gasteiger partial charge in [0.05, 0.1) is 12.0 Å². The van der Waals surface area contributed by atoms with Crippen LogP contribution < -0.4 is 25.0 Å². The Morgan fingerprint density at radius 3 is 2.44 bits per heavy atom. The van der Waals surface area contributed by atoms with E-state index in [-0.39, 0.29) is 23.7 Å². The molecule has 0 atom stereocenters. The van der Waals surface area contributed by atoms with Gasteiger partial charge in [-0.3, -0.25) is 9.59 Å². The summed E-state index contributed by atoms with van der Waals surface area (Å²) in [5.74, 6) is 1.13. The second-order valence-corrected chi connectivity index (χ2v) is 8.21. The van der Waals surface area contributed by atoms with E-state index in [2.05, 4.69) is 12.2 Å². The summed E-state index contributed by atoms with van der Waals surface area (Å²) in [6.07, 6.45) is 4.57. The van der Waals surface area contributed by atoms with Crippen LogP contribution in [-0.2, 0) is 11.2 Å². The van der Waals surface area contributed by atoms with Gasteiger partial charge in [0.1, 0.15) is 17.6 Å². The fraction of sp³-hybridized carbons (Fsp3) is 0.241. The number of rotatable bonds is 11. The maximum Gasteiger partial charge on any atom is 0.262 e. The van der Waals surface area contributed by atoms with Crippen LogP contribution in [0.1, 0.15) is 32.3 Å². The summed E-state index contributed by atoms with van der Waals surface area (Å²) in [6, 6.07) is 19.7. The van der Waals surface area contributed by atoms with Crippen molar-refractivity contribution in [2.45, 2.75) is 33.1 Å². The molecule has 0 unspecified atom stereocenters. The Morgan fingerprint density at radius 1 is 0.917 bits per heavy atom. The van der Waals surface area contributed by atoms with Crippen LogP contribution >= 0.6 is 0 Å². The van der Waals surface area contributed by atoms with Crippen LogP contribution in [0, 0.1) is 0 Å². The van der Waals surface area contributed by atoms with E-state index in [9.17, 15) is 9.59 Å². The predicted molar refractivity (Wildman–Crippen MR) is 139 cm³/mol. The molecule has 36 heavy (non-hydrogen) atoms. The minimum atomic E-state index is -0.325. The first-order chi connectivity index (χ1) is 17.6. The van der Waals surface area contributed by atoms with Crippen LogP contribution in [0.25, 0.3) is 11.0 Å². The number of para-hydroxylation sites is 2. The molecule has 0 aliphatic carbocycles.